The Morgan fingerprint density at radius 1 is 0.964 bits per heavy atom. The molecule has 146 valence electrons. The van der Waals surface area contributed by atoms with E-state index in [1.807, 2.05) is 31.2 Å². The first-order valence-electron chi connectivity index (χ1n) is 9.23. The lowest BCUT2D eigenvalue weighted by Crippen LogP contribution is -2.39. The minimum absolute atomic E-state index is 0.145. The van der Waals surface area contributed by atoms with Crippen LogP contribution in [0.15, 0.2) is 65.8 Å². The highest BCUT2D eigenvalue weighted by Crippen LogP contribution is 2.28. The molecule has 1 aliphatic heterocycles. The van der Waals surface area contributed by atoms with Crippen LogP contribution in [-0.2, 0) is 10.0 Å². The highest BCUT2D eigenvalue weighted by Gasteiger charge is 2.30. The Morgan fingerprint density at radius 3 is 2.29 bits per heavy atom. The van der Waals surface area contributed by atoms with Gasteiger partial charge < -0.3 is 4.74 Å². The van der Waals surface area contributed by atoms with E-state index >= 15 is 0 Å². The molecule has 0 amide bonds. The summed E-state index contributed by atoms with van der Waals surface area (Å²) in [6.45, 7) is 2.90. The van der Waals surface area contributed by atoms with Gasteiger partial charge in [0.25, 0.3) is 0 Å². The molecule has 0 bridgehead atoms. The number of piperidine rings is 1. The van der Waals surface area contributed by atoms with Crippen molar-refractivity contribution in [1.82, 2.24) is 19.3 Å². The van der Waals surface area contributed by atoms with Crippen molar-refractivity contribution in [2.24, 2.45) is 0 Å². The van der Waals surface area contributed by atoms with Crippen LogP contribution in [0.1, 0.15) is 24.4 Å². The molecule has 0 aliphatic carbocycles. The van der Waals surface area contributed by atoms with Crippen LogP contribution in [0.4, 0.5) is 0 Å². The SMILES string of the molecule is Cc1cccc(Oc2ccc(S(=O)(=O)N3CCC(n4nccn4)CC3)cc2)c1. The van der Waals surface area contributed by atoms with E-state index in [9.17, 15) is 8.42 Å². The van der Waals surface area contributed by atoms with Gasteiger partial charge in [0.2, 0.25) is 10.0 Å². The summed E-state index contributed by atoms with van der Waals surface area (Å²) in [6, 6.07) is 14.4. The molecule has 0 unspecified atom stereocenters. The summed E-state index contributed by atoms with van der Waals surface area (Å²) in [4.78, 5) is 1.95. The predicted molar refractivity (Wildman–Crippen MR) is 105 cm³/mol. The quantitative estimate of drug-likeness (QED) is 0.658. The van der Waals surface area contributed by atoms with Gasteiger partial charge in [-0.05, 0) is 61.7 Å². The molecule has 2 aromatic carbocycles. The van der Waals surface area contributed by atoms with E-state index in [1.165, 1.54) is 4.31 Å². The Balaban J connectivity index is 1.43. The van der Waals surface area contributed by atoms with E-state index in [0.717, 1.165) is 11.3 Å². The molecule has 1 fully saturated rings. The Bertz CT molecular complexity index is 1030. The van der Waals surface area contributed by atoms with E-state index < -0.39 is 10.0 Å². The van der Waals surface area contributed by atoms with Gasteiger partial charge in [-0.25, -0.2) is 8.42 Å². The summed E-state index contributed by atoms with van der Waals surface area (Å²) in [5, 5.41) is 8.32. The minimum atomic E-state index is -3.52. The van der Waals surface area contributed by atoms with Crippen molar-refractivity contribution >= 4 is 10.0 Å². The number of benzene rings is 2. The van der Waals surface area contributed by atoms with Gasteiger partial charge in [-0.1, -0.05) is 12.1 Å². The zero-order valence-corrected chi connectivity index (χ0v) is 16.4. The Hall–Kier alpha value is -2.71. The fourth-order valence-corrected chi connectivity index (χ4v) is 4.84. The van der Waals surface area contributed by atoms with Gasteiger partial charge in [0, 0.05) is 13.1 Å². The average molecular weight is 398 g/mol. The summed E-state index contributed by atoms with van der Waals surface area (Å²) < 4.78 is 33.2. The van der Waals surface area contributed by atoms with Crippen LogP contribution in [0, 0.1) is 6.92 Å². The number of aromatic nitrogens is 3. The molecule has 3 aromatic rings. The molecule has 1 saturated heterocycles. The van der Waals surface area contributed by atoms with Crippen molar-refractivity contribution in [2.75, 3.05) is 13.1 Å². The third-order valence-electron chi connectivity index (χ3n) is 4.87. The average Bonchev–Trinajstić information content (AvgIpc) is 3.23. The molecule has 1 aromatic heterocycles. The van der Waals surface area contributed by atoms with Crippen molar-refractivity contribution < 1.29 is 13.2 Å². The first kappa shape index (κ1) is 18.6. The number of rotatable bonds is 5. The van der Waals surface area contributed by atoms with Crippen LogP contribution >= 0.6 is 0 Å². The van der Waals surface area contributed by atoms with Gasteiger partial charge in [-0.3, -0.25) is 0 Å². The fraction of sp³-hybridized carbons (Fsp3) is 0.300. The maximum Gasteiger partial charge on any atom is 0.243 e. The molecule has 0 atom stereocenters. The largest absolute Gasteiger partial charge is 0.457 e. The molecule has 4 rings (SSSR count). The molecule has 0 radical (unpaired) electrons. The molecular formula is C20H22N4O3S. The minimum Gasteiger partial charge on any atom is -0.457 e. The fourth-order valence-electron chi connectivity index (χ4n) is 3.37. The van der Waals surface area contributed by atoms with Crippen LogP contribution in [0.5, 0.6) is 11.5 Å². The first-order chi connectivity index (χ1) is 13.5. The molecular weight excluding hydrogens is 376 g/mol. The smallest absolute Gasteiger partial charge is 0.243 e. The van der Waals surface area contributed by atoms with Crippen LogP contribution < -0.4 is 4.74 Å². The number of hydrogen-bond acceptors (Lipinski definition) is 5. The van der Waals surface area contributed by atoms with E-state index in [-0.39, 0.29) is 10.9 Å². The van der Waals surface area contributed by atoms with Crippen molar-refractivity contribution in [1.29, 1.82) is 0 Å². The van der Waals surface area contributed by atoms with Crippen LogP contribution in [0.2, 0.25) is 0 Å². The lowest BCUT2D eigenvalue weighted by Gasteiger charge is -2.30. The summed E-state index contributed by atoms with van der Waals surface area (Å²) >= 11 is 0. The number of nitrogens with zero attached hydrogens (tertiary/aromatic N) is 4. The van der Waals surface area contributed by atoms with Crippen LogP contribution in [0.3, 0.4) is 0 Å². The number of hydrogen-bond donors (Lipinski definition) is 0. The van der Waals surface area contributed by atoms with Crippen LogP contribution in [-0.4, -0.2) is 40.8 Å². The lowest BCUT2D eigenvalue weighted by molar-refractivity contribution is 0.245. The van der Waals surface area contributed by atoms with Crippen molar-refractivity contribution in [2.45, 2.75) is 30.7 Å². The summed E-state index contributed by atoms with van der Waals surface area (Å²) in [7, 11) is -3.52. The third-order valence-corrected chi connectivity index (χ3v) is 6.79. The molecule has 7 nitrogen and oxygen atoms in total. The van der Waals surface area contributed by atoms with Crippen molar-refractivity contribution in [3.05, 3.63) is 66.5 Å². The second kappa shape index (κ2) is 7.73. The van der Waals surface area contributed by atoms with E-state index in [4.69, 9.17) is 4.74 Å². The molecule has 0 spiro atoms. The number of aryl methyl sites for hydroxylation is 1. The summed E-state index contributed by atoms with van der Waals surface area (Å²) in [5.74, 6) is 1.33. The highest BCUT2D eigenvalue weighted by molar-refractivity contribution is 7.89. The summed E-state index contributed by atoms with van der Waals surface area (Å²) in [6.07, 6.45) is 4.68. The Labute approximate surface area is 164 Å². The molecule has 1 aliphatic rings. The lowest BCUT2D eigenvalue weighted by atomic mass is 10.1. The van der Waals surface area contributed by atoms with E-state index in [1.54, 1.807) is 41.5 Å². The molecule has 28 heavy (non-hydrogen) atoms. The van der Waals surface area contributed by atoms with Gasteiger partial charge >= 0.3 is 0 Å². The van der Waals surface area contributed by atoms with Crippen molar-refractivity contribution in [3.8, 4) is 11.5 Å². The normalized spacial score (nSPS) is 16.2. The first-order valence-corrected chi connectivity index (χ1v) is 10.7. The van der Waals surface area contributed by atoms with E-state index in [2.05, 4.69) is 10.2 Å². The molecule has 8 heteroatoms. The second-order valence-corrected chi connectivity index (χ2v) is 8.81. The monoisotopic (exact) mass is 398 g/mol. The topological polar surface area (TPSA) is 77.3 Å². The molecule has 0 saturated carbocycles. The van der Waals surface area contributed by atoms with Gasteiger partial charge in [0.05, 0.1) is 23.3 Å². The van der Waals surface area contributed by atoms with Gasteiger partial charge in [0.15, 0.2) is 0 Å². The Morgan fingerprint density at radius 2 is 1.64 bits per heavy atom. The highest BCUT2D eigenvalue weighted by atomic mass is 32.2. The zero-order valence-electron chi connectivity index (χ0n) is 15.6. The third kappa shape index (κ3) is 3.93. The predicted octanol–water partition coefficient (Wildman–Crippen LogP) is 3.40. The summed E-state index contributed by atoms with van der Waals surface area (Å²) in [5.41, 5.74) is 1.10. The molecule has 2 heterocycles. The molecule has 0 N–H and O–H groups in total. The maximum atomic E-state index is 12.9. The van der Waals surface area contributed by atoms with E-state index in [0.29, 0.717) is 31.7 Å². The van der Waals surface area contributed by atoms with Gasteiger partial charge in [0.1, 0.15) is 11.5 Å². The van der Waals surface area contributed by atoms with Gasteiger partial charge in [-0.15, -0.1) is 0 Å². The number of ether oxygens (including phenoxy) is 1. The maximum absolute atomic E-state index is 12.9. The van der Waals surface area contributed by atoms with Gasteiger partial charge in [-0.2, -0.15) is 19.3 Å². The Kier molecular flexibility index (Phi) is 5.15. The van der Waals surface area contributed by atoms with Crippen LogP contribution in [0.25, 0.3) is 0 Å². The number of sulfonamides is 1. The second-order valence-electron chi connectivity index (χ2n) is 6.87. The standard InChI is InChI=1S/C20H22N4O3S/c1-16-3-2-4-19(15-16)27-18-5-7-20(8-6-18)28(25,26)23-13-9-17(10-14-23)24-21-11-12-22-24/h2-8,11-12,15,17H,9-10,13-14H2,1H3. The van der Waals surface area contributed by atoms with Crippen molar-refractivity contribution in [3.63, 3.8) is 0 Å². The zero-order chi connectivity index (χ0) is 19.6.